The minimum atomic E-state index is -0.121. The normalized spacial score (nSPS) is 16.4. The van der Waals surface area contributed by atoms with Gasteiger partial charge in [0.15, 0.2) is 0 Å². The molecule has 0 saturated heterocycles. The third-order valence-electron chi connectivity index (χ3n) is 3.97. The highest BCUT2D eigenvalue weighted by Crippen LogP contribution is 2.32. The van der Waals surface area contributed by atoms with Gasteiger partial charge in [-0.25, -0.2) is 0 Å². The Bertz CT molecular complexity index is 664. The fraction of sp³-hybridized carbons (Fsp3) is 0.278. The number of amides is 1. The maximum Gasteiger partial charge on any atom is 0.233 e. The number of hydrogen-bond donors (Lipinski definition) is 2. The average Bonchev–Trinajstić information content (AvgIpc) is 2.91. The lowest BCUT2D eigenvalue weighted by atomic mass is 10.00. The van der Waals surface area contributed by atoms with Crippen molar-refractivity contribution in [2.24, 2.45) is 0 Å². The Morgan fingerprint density at radius 2 is 2.00 bits per heavy atom. The molecule has 0 spiro atoms. The van der Waals surface area contributed by atoms with Crippen LogP contribution in [0.4, 0.5) is 11.4 Å². The molecule has 0 radical (unpaired) electrons. The van der Waals surface area contributed by atoms with E-state index < -0.39 is 0 Å². The molecule has 0 bridgehead atoms. The van der Waals surface area contributed by atoms with Gasteiger partial charge in [0.1, 0.15) is 0 Å². The molecule has 1 heterocycles. The fourth-order valence-electron chi connectivity index (χ4n) is 2.72. The predicted molar refractivity (Wildman–Crippen MR) is 86.8 cm³/mol. The number of rotatable bonds is 3. The number of carbonyl (C=O) groups is 1. The highest BCUT2D eigenvalue weighted by atomic mass is 16.1. The molecule has 0 saturated carbocycles. The van der Waals surface area contributed by atoms with Crippen molar-refractivity contribution in [2.75, 3.05) is 17.2 Å². The van der Waals surface area contributed by atoms with Crippen LogP contribution in [0.5, 0.6) is 0 Å². The van der Waals surface area contributed by atoms with Gasteiger partial charge in [0.05, 0.1) is 5.92 Å². The Morgan fingerprint density at radius 1 is 1.19 bits per heavy atom. The zero-order valence-corrected chi connectivity index (χ0v) is 12.4. The van der Waals surface area contributed by atoms with Crippen LogP contribution >= 0.6 is 0 Å². The van der Waals surface area contributed by atoms with Crippen LogP contribution in [0, 0.1) is 0 Å². The van der Waals surface area contributed by atoms with Crippen molar-refractivity contribution in [1.82, 2.24) is 0 Å². The van der Waals surface area contributed by atoms with Crippen molar-refractivity contribution in [3.05, 3.63) is 59.7 Å². The van der Waals surface area contributed by atoms with Gasteiger partial charge in [0.25, 0.3) is 0 Å². The van der Waals surface area contributed by atoms with Gasteiger partial charge in [-0.2, -0.15) is 0 Å². The van der Waals surface area contributed by atoms with E-state index in [1.165, 1.54) is 5.56 Å². The molecule has 3 rings (SSSR count). The van der Waals surface area contributed by atoms with Gasteiger partial charge in [-0.05, 0) is 35.2 Å². The third-order valence-corrected chi connectivity index (χ3v) is 3.97. The second-order valence-corrected chi connectivity index (χ2v) is 5.79. The molecule has 108 valence electrons. The van der Waals surface area contributed by atoms with Gasteiger partial charge in [-0.3, -0.25) is 4.79 Å². The first-order chi connectivity index (χ1) is 10.1. The topological polar surface area (TPSA) is 41.1 Å². The van der Waals surface area contributed by atoms with Crippen molar-refractivity contribution in [2.45, 2.75) is 25.7 Å². The first-order valence-corrected chi connectivity index (χ1v) is 7.39. The second-order valence-electron chi connectivity index (χ2n) is 5.79. The van der Waals surface area contributed by atoms with Crippen LogP contribution in [0.3, 0.4) is 0 Å². The van der Waals surface area contributed by atoms with E-state index in [0.29, 0.717) is 12.5 Å². The Hall–Kier alpha value is -2.29. The zero-order chi connectivity index (χ0) is 14.8. The summed E-state index contributed by atoms with van der Waals surface area (Å²) in [5.41, 5.74) is 4.25. The summed E-state index contributed by atoms with van der Waals surface area (Å²) in [6.07, 6.45) is 0. The smallest absolute Gasteiger partial charge is 0.233 e. The summed E-state index contributed by atoms with van der Waals surface area (Å²) >= 11 is 0. The zero-order valence-electron chi connectivity index (χ0n) is 12.4. The second kappa shape index (κ2) is 5.60. The molecule has 3 nitrogen and oxygen atoms in total. The lowest BCUT2D eigenvalue weighted by Crippen LogP contribution is -2.22. The summed E-state index contributed by atoms with van der Waals surface area (Å²) in [5, 5.41) is 6.33. The van der Waals surface area contributed by atoms with Crippen molar-refractivity contribution in [3.8, 4) is 0 Å². The molecule has 0 fully saturated rings. The molecule has 2 N–H and O–H groups in total. The van der Waals surface area contributed by atoms with Crippen molar-refractivity contribution >= 4 is 17.3 Å². The Labute approximate surface area is 125 Å². The van der Waals surface area contributed by atoms with E-state index in [-0.39, 0.29) is 11.8 Å². The summed E-state index contributed by atoms with van der Waals surface area (Å²) in [4.78, 5) is 12.5. The van der Waals surface area contributed by atoms with Crippen LogP contribution in [0.1, 0.15) is 36.8 Å². The lowest BCUT2D eigenvalue weighted by Gasteiger charge is -2.13. The Morgan fingerprint density at radius 3 is 2.81 bits per heavy atom. The molecule has 1 unspecified atom stereocenters. The molecule has 2 aromatic carbocycles. The summed E-state index contributed by atoms with van der Waals surface area (Å²) < 4.78 is 0. The van der Waals surface area contributed by atoms with Gasteiger partial charge in [0.2, 0.25) is 5.91 Å². The predicted octanol–water partition coefficient (Wildman–Crippen LogP) is 3.96. The van der Waals surface area contributed by atoms with Crippen molar-refractivity contribution in [3.63, 3.8) is 0 Å². The molecule has 1 atom stereocenters. The SMILES string of the molecule is CC(C)c1cccc(NC(=O)C2CNc3ccccc32)c1. The molecular formula is C18H20N2O. The van der Waals surface area contributed by atoms with Crippen LogP contribution < -0.4 is 10.6 Å². The highest BCUT2D eigenvalue weighted by molar-refractivity contribution is 5.98. The molecule has 3 heteroatoms. The van der Waals surface area contributed by atoms with E-state index in [9.17, 15) is 4.79 Å². The van der Waals surface area contributed by atoms with Gasteiger partial charge < -0.3 is 10.6 Å². The van der Waals surface area contributed by atoms with Crippen LogP contribution in [0.25, 0.3) is 0 Å². The third kappa shape index (κ3) is 2.77. The van der Waals surface area contributed by atoms with Crippen LogP contribution in [0.15, 0.2) is 48.5 Å². The minimum absolute atomic E-state index is 0.0494. The van der Waals surface area contributed by atoms with Crippen LogP contribution in [0.2, 0.25) is 0 Å². The van der Waals surface area contributed by atoms with Crippen molar-refractivity contribution in [1.29, 1.82) is 0 Å². The number of fused-ring (bicyclic) bond motifs is 1. The summed E-state index contributed by atoms with van der Waals surface area (Å²) in [5.74, 6) is 0.382. The fourth-order valence-corrected chi connectivity index (χ4v) is 2.72. The Balaban J connectivity index is 1.77. The molecule has 0 aromatic heterocycles. The number of hydrogen-bond acceptors (Lipinski definition) is 2. The van der Waals surface area contributed by atoms with Gasteiger partial charge >= 0.3 is 0 Å². The quantitative estimate of drug-likeness (QED) is 0.893. The maximum absolute atomic E-state index is 12.5. The standard InChI is InChI=1S/C18H20N2O/c1-12(2)13-6-5-7-14(10-13)20-18(21)16-11-19-17-9-4-3-8-15(16)17/h3-10,12,16,19H,11H2,1-2H3,(H,20,21). The van der Waals surface area contributed by atoms with E-state index in [4.69, 9.17) is 0 Å². The van der Waals surface area contributed by atoms with Gasteiger partial charge in [-0.15, -0.1) is 0 Å². The number of para-hydroxylation sites is 1. The number of anilines is 2. The first-order valence-electron chi connectivity index (χ1n) is 7.39. The molecular weight excluding hydrogens is 260 g/mol. The average molecular weight is 280 g/mol. The molecule has 1 amide bonds. The maximum atomic E-state index is 12.5. The van der Waals surface area contributed by atoms with Crippen LogP contribution in [-0.4, -0.2) is 12.5 Å². The molecule has 0 aliphatic carbocycles. The summed E-state index contributed by atoms with van der Waals surface area (Å²) in [6, 6.07) is 16.1. The molecule has 1 aliphatic heterocycles. The number of carbonyl (C=O) groups excluding carboxylic acids is 1. The van der Waals surface area contributed by atoms with Crippen LogP contribution in [-0.2, 0) is 4.79 Å². The molecule has 2 aromatic rings. The lowest BCUT2D eigenvalue weighted by molar-refractivity contribution is -0.117. The monoisotopic (exact) mass is 280 g/mol. The highest BCUT2D eigenvalue weighted by Gasteiger charge is 2.28. The number of benzene rings is 2. The first kappa shape index (κ1) is 13.7. The van der Waals surface area contributed by atoms with E-state index in [1.54, 1.807) is 0 Å². The summed E-state index contributed by atoms with van der Waals surface area (Å²) in [6.45, 7) is 4.96. The summed E-state index contributed by atoms with van der Waals surface area (Å²) in [7, 11) is 0. The largest absolute Gasteiger partial charge is 0.384 e. The van der Waals surface area contributed by atoms with E-state index in [2.05, 4.69) is 36.6 Å². The van der Waals surface area contributed by atoms with E-state index >= 15 is 0 Å². The van der Waals surface area contributed by atoms with E-state index in [1.807, 2.05) is 36.4 Å². The number of nitrogens with one attached hydrogen (secondary N) is 2. The Kier molecular flexibility index (Phi) is 3.65. The van der Waals surface area contributed by atoms with Gasteiger partial charge in [-0.1, -0.05) is 44.2 Å². The molecule has 21 heavy (non-hydrogen) atoms. The molecule has 1 aliphatic rings. The van der Waals surface area contributed by atoms with E-state index in [0.717, 1.165) is 16.9 Å². The minimum Gasteiger partial charge on any atom is -0.384 e. The van der Waals surface area contributed by atoms with Crippen molar-refractivity contribution < 1.29 is 4.79 Å². The van der Waals surface area contributed by atoms with Gasteiger partial charge in [0, 0.05) is 17.9 Å².